The first-order valence-electron chi connectivity index (χ1n) is 10.7. The smallest absolute Gasteiger partial charge is 0.478 e. The van der Waals surface area contributed by atoms with Crippen LogP contribution in [0.15, 0.2) is 72.8 Å². The van der Waals surface area contributed by atoms with Crippen LogP contribution in [0.5, 0.6) is 5.75 Å². The zero-order valence-corrected chi connectivity index (χ0v) is 19.6. The Morgan fingerprint density at radius 2 is 1.78 bits per heavy atom. The molecule has 9 heteroatoms. The Balaban J connectivity index is 1.84. The van der Waals surface area contributed by atoms with Gasteiger partial charge in [-0.3, -0.25) is 4.79 Å². The van der Waals surface area contributed by atoms with Crippen molar-refractivity contribution in [1.29, 1.82) is 0 Å². The van der Waals surface area contributed by atoms with Gasteiger partial charge in [-0.05, 0) is 66.6 Å². The van der Waals surface area contributed by atoms with Gasteiger partial charge in [0.25, 0.3) is 0 Å². The summed E-state index contributed by atoms with van der Waals surface area (Å²) in [5.41, 5.74) is 3.09. The number of hydrogen-bond donors (Lipinski definition) is 1. The number of alkyl halides is 3. The first kappa shape index (κ1) is 25.1. The second-order valence-electron chi connectivity index (χ2n) is 8.03. The highest BCUT2D eigenvalue weighted by Gasteiger charge is 2.31. The molecule has 1 heterocycles. The van der Waals surface area contributed by atoms with Gasteiger partial charge in [-0.25, -0.2) is 4.79 Å². The average molecular weight is 514 g/mol. The van der Waals surface area contributed by atoms with Crippen LogP contribution in [0.2, 0.25) is 5.02 Å². The number of aromatic nitrogens is 1. The molecule has 184 valence electrons. The van der Waals surface area contributed by atoms with Gasteiger partial charge in [0.15, 0.2) is 5.78 Å². The Bertz CT molecular complexity index is 1490. The third kappa shape index (κ3) is 5.60. The van der Waals surface area contributed by atoms with Gasteiger partial charge in [-0.15, -0.1) is 13.2 Å². The molecule has 0 amide bonds. The van der Waals surface area contributed by atoms with Crippen molar-refractivity contribution >= 4 is 40.3 Å². The summed E-state index contributed by atoms with van der Waals surface area (Å²) in [4.78, 5) is 24.3. The fourth-order valence-electron chi connectivity index (χ4n) is 4.04. The van der Waals surface area contributed by atoms with Gasteiger partial charge in [-0.1, -0.05) is 29.8 Å². The number of carbonyl (C=O) groups excluding carboxylic acids is 1. The van der Waals surface area contributed by atoms with Crippen LogP contribution in [-0.4, -0.2) is 27.8 Å². The molecule has 0 bridgehead atoms. The minimum Gasteiger partial charge on any atom is -0.478 e. The Kier molecular flexibility index (Phi) is 6.90. The number of hydrogen-bond acceptors (Lipinski definition) is 3. The first-order chi connectivity index (χ1) is 17.0. The molecule has 4 aromatic rings. The van der Waals surface area contributed by atoms with Gasteiger partial charge in [0.1, 0.15) is 5.75 Å². The molecule has 4 rings (SSSR count). The Morgan fingerprint density at radius 1 is 1.06 bits per heavy atom. The molecule has 0 aliphatic rings. The fraction of sp³-hybridized carbons (Fsp3) is 0.111. The maximum absolute atomic E-state index is 13.4. The first-order valence-corrected chi connectivity index (χ1v) is 11.1. The topological polar surface area (TPSA) is 68.5 Å². The van der Waals surface area contributed by atoms with Crippen LogP contribution in [0.25, 0.3) is 17.0 Å². The van der Waals surface area contributed by atoms with Crippen molar-refractivity contribution in [2.75, 3.05) is 0 Å². The van der Waals surface area contributed by atoms with Gasteiger partial charge in [0, 0.05) is 40.4 Å². The SMILES string of the molecule is Cc1c(C(=O)c2ccc(Cl)cc2)c2ccc(OC(F)(F)F)cc2n1Cc1cccc(/C=C/C(=O)O)c1. The van der Waals surface area contributed by atoms with Gasteiger partial charge >= 0.3 is 12.3 Å². The Morgan fingerprint density at radius 3 is 2.44 bits per heavy atom. The molecule has 0 saturated carbocycles. The quantitative estimate of drug-likeness (QED) is 0.216. The summed E-state index contributed by atoms with van der Waals surface area (Å²) in [6.45, 7) is 1.95. The highest BCUT2D eigenvalue weighted by molar-refractivity contribution is 6.30. The number of carboxylic acids is 1. The zero-order valence-electron chi connectivity index (χ0n) is 18.8. The van der Waals surface area contributed by atoms with E-state index in [0.29, 0.717) is 38.3 Å². The predicted molar refractivity (Wildman–Crippen MR) is 130 cm³/mol. The molecular formula is C27H19ClF3NO4. The van der Waals surface area contributed by atoms with Crippen LogP contribution in [0.3, 0.4) is 0 Å². The molecule has 0 atom stereocenters. The zero-order chi connectivity index (χ0) is 26.0. The fourth-order valence-corrected chi connectivity index (χ4v) is 4.16. The summed E-state index contributed by atoms with van der Waals surface area (Å²) >= 11 is 5.95. The van der Waals surface area contributed by atoms with E-state index in [-0.39, 0.29) is 12.3 Å². The molecular weight excluding hydrogens is 495 g/mol. The second-order valence-corrected chi connectivity index (χ2v) is 8.46. The molecule has 0 aliphatic carbocycles. The molecule has 1 N–H and O–H groups in total. The van der Waals surface area contributed by atoms with Gasteiger partial charge in [-0.2, -0.15) is 0 Å². The second kappa shape index (κ2) is 9.91. The molecule has 0 saturated heterocycles. The number of rotatable bonds is 7. The van der Waals surface area contributed by atoms with Crippen LogP contribution in [0, 0.1) is 6.92 Å². The van der Waals surface area contributed by atoms with Crippen molar-refractivity contribution in [3.63, 3.8) is 0 Å². The minimum absolute atomic E-state index is 0.223. The van der Waals surface area contributed by atoms with Crippen molar-refractivity contribution in [3.8, 4) is 5.75 Å². The third-order valence-electron chi connectivity index (χ3n) is 5.57. The highest BCUT2D eigenvalue weighted by Crippen LogP contribution is 2.33. The van der Waals surface area contributed by atoms with Gasteiger partial charge < -0.3 is 14.4 Å². The number of carbonyl (C=O) groups is 2. The molecule has 0 unspecified atom stereocenters. The van der Waals surface area contributed by atoms with E-state index in [1.807, 2.05) is 0 Å². The van der Waals surface area contributed by atoms with Gasteiger partial charge in [0.05, 0.1) is 11.1 Å². The van der Waals surface area contributed by atoms with Crippen LogP contribution in [0.4, 0.5) is 13.2 Å². The third-order valence-corrected chi connectivity index (χ3v) is 5.83. The summed E-state index contributed by atoms with van der Waals surface area (Å²) in [7, 11) is 0. The van der Waals surface area contributed by atoms with Crippen molar-refractivity contribution < 1.29 is 32.6 Å². The molecule has 3 aromatic carbocycles. The standard InChI is InChI=1S/C27H19ClF3NO4/c1-16-25(26(35)19-6-8-20(28)9-7-19)22-11-10-21(36-27(29,30)31)14-23(22)32(16)15-18-4-2-3-17(13-18)5-12-24(33)34/h2-14H,15H2,1H3,(H,33,34)/b12-5+. The lowest BCUT2D eigenvalue weighted by atomic mass is 10.0. The van der Waals surface area contributed by atoms with Crippen LogP contribution < -0.4 is 4.74 Å². The van der Waals surface area contributed by atoms with Gasteiger partial charge in [0.2, 0.25) is 0 Å². The minimum atomic E-state index is -4.87. The van der Waals surface area contributed by atoms with Crippen LogP contribution in [-0.2, 0) is 11.3 Å². The number of ether oxygens (including phenoxy) is 1. The number of halogens is 4. The van der Waals surface area contributed by atoms with E-state index in [9.17, 15) is 22.8 Å². The number of nitrogens with zero attached hydrogens (tertiary/aromatic N) is 1. The van der Waals surface area contributed by atoms with E-state index < -0.39 is 18.1 Å². The highest BCUT2D eigenvalue weighted by atomic mass is 35.5. The van der Waals surface area contributed by atoms with Crippen LogP contribution in [0.1, 0.15) is 32.7 Å². The predicted octanol–water partition coefficient (Wildman–Crippen LogP) is 6.88. The summed E-state index contributed by atoms with van der Waals surface area (Å²) in [6.07, 6.45) is -2.41. The number of carboxylic acid groups (broad SMARTS) is 1. The summed E-state index contributed by atoms with van der Waals surface area (Å²) in [6, 6.07) is 17.3. The maximum atomic E-state index is 13.4. The molecule has 0 radical (unpaired) electrons. The molecule has 0 aliphatic heterocycles. The lowest BCUT2D eigenvalue weighted by molar-refractivity contribution is -0.274. The summed E-state index contributed by atoms with van der Waals surface area (Å²) < 4.78 is 44.5. The average Bonchev–Trinajstić information content (AvgIpc) is 3.07. The van der Waals surface area contributed by atoms with E-state index in [4.69, 9.17) is 16.7 Å². The maximum Gasteiger partial charge on any atom is 0.573 e. The van der Waals surface area contributed by atoms with Crippen LogP contribution >= 0.6 is 11.6 Å². The van der Waals surface area contributed by atoms with Crippen molar-refractivity contribution in [3.05, 3.63) is 106 Å². The van der Waals surface area contributed by atoms with E-state index in [2.05, 4.69) is 4.74 Å². The molecule has 36 heavy (non-hydrogen) atoms. The van der Waals surface area contributed by atoms with E-state index >= 15 is 0 Å². The van der Waals surface area contributed by atoms with E-state index in [1.54, 1.807) is 60.0 Å². The molecule has 0 spiro atoms. The monoisotopic (exact) mass is 513 g/mol. The number of benzene rings is 3. The summed E-state index contributed by atoms with van der Waals surface area (Å²) in [5, 5.41) is 9.83. The summed E-state index contributed by atoms with van der Waals surface area (Å²) in [5.74, 6) is -1.79. The van der Waals surface area contributed by atoms with Crippen molar-refractivity contribution in [2.45, 2.75) is 19.8 Å². The van der Waals surface area contributed by atoms with E-state index in [0.717, 1.165) is 11.6 Å². The largest absolute Gasteiger partial charge is 0.573 e. The number of aliphatic carboxylic acids is 1. The molecule has 5 nitrogen and oxygen atoms in total. The Hall–Kier alpha value is -4.04. The van der Waals surface area contributed by atoms with E-state index in [1.165, 1.54) is 24.3 Å². The Labute approximate surface area is 209 Å². The number of ketones is 1. The normalized spacial score (nSPS) is 11.8. The molecule has 1 aromatic heterocycles. The van der Waals surface area contributed by atoms with Crippen molar-refractivity contribution in [2.24, 2.45) is 0 Å². The van der Waals surface area contributed by atoms with Crippen molar-refractivity contribution in [1.82, 2.24) is 4.57 Å². The molecule has 0 fully saturated rings. The lowest BCUT2D eigenvalue weighted by Crippen LogP contribution is -2.17. The number of fused-ring (bicyclic) bond motifs is 1. The lowest BCUT2D eigenvalue weighted by Gasteiger charge is -2.12.